The summed E-state index contributed by atoms with van der Waals surface area (Å²) in [6, 6.07) is 3.23. The molecule has 0 amide bonds. The summed E-state index contributed by atoms with van der Waals surface area (Å²) in [5.74, 6) is -0.497. The third-order valence-corrected chi connectivity index (χ3v) is 2.72. The Labute approximate surface area is 90.2 Å². The number of rotatable bonds is 2. The molecule has 1 aromatic rings. The summed E-state index contributed by atoms with van der Waals surface area (Å²) < 4.78 is 5.36. The monoisotopic (exact) mass is 256 g/mol. The molecule has 0 fully saturated rings. The molecule has 0 unspecified atom stereocenters. The molecule has 0 aliphatic heterocycles. The van der Waals surface area contributed by atoms with E-state index in [4.69, 9.17) is 0 Å². The second-order valence-electron chi connectivity index (χ2n) is 2.80. The molecule has 14 heavy (non-hydrogen) atoms. The predicted molar refractivity (Wildman–Crippen MR) is 55.6 cm³/mol. The SMILES string of the molecule is COC(=O)c1cc(C)c(Br)cc1C=O. The van der Waals surface area contributed by atoms with Crippen molar-refractivity contribution in [3.63, 3.8) is 0 Å². The molecule has 0 radical (unpaired) electrons. The van der Waals surface area contributed by atoms with Gasteiger partial charge in [0.25, 0.3) is 0 Å². The molecule has 0 N–H and O–H groups in total. The van der Waals surface area contributed by atoms with Crippen molar-refractivity contribution in [2.24, 2.45) is 0 Å². The first-order valence-electron chi connectivity index (χ1n) is 3.93. The van der Waals surface area contributed by atoms with Gasteiger partial charge in [0, 0.05) is 10.0 Å². The summed E-state index contributed by atoms with van der Waals surface area (Å²) in [6.45, 7) is 1.84. The highest BCUT2D eigenvalue weighted by Gasteiger charge is 2.13. The molecule has 74 valence electrons. The molecule has 0 atom stereocenters. The van der Waals surface area contributed by atoms with E-state index in [1.54, 1.807) is 12.1 Å². The average Bonchev–Trinajstić information content (AvgIpc) is 2.20. The van der Waals surface area contributed by atoms with E-state index in [0.717, 1.165) is 10.0 Å². The molecule has 0 saturated heterocycles. The Kier molecular flexibility index (Phi) is 3.41. The van der Waals surface area contributed by atoms with E-state index < -0.39 is 5.97 Å². The van der Waals surface area contributed by atoms with Crippen LogP contribution in [0.3, 0.4) is 0 Å². The molecule has 0 saturated carbocycles. The van der Waals surface area contributed by atoms with Crippen LogP contribution in [0.1, 0.15) is 26.3 Å². The third-order valence-electron chi connectivity index (χ3n) is 1.86. The van der Waals surface area contributed by atoms with Gasteiger partial charge in [-0.3, -0.25) is 4.79 Å². The first-order valence-corrected chi connectivity index (χ1v) is 4.73. The quantitative estimate of drug-likeness (QED) is 0.603. The van der Waals surface area contributed by atoms with Gasteiger partial charge in [-0.15, -0.1) is 0 Å². The molecule has 4 heteroatoms. The molecule has 1 rings (SSSR count). The summed E-state index contributed by atoms with van der Waals surface area (Å²) in [4.78, 5) is 21.9. The fourth-order valence-corrected chi connectivity index (χ4v) is 1.44. The minimum absolute atomic E-state index is 0.295. The van der Waals surface area contributed by atoms with E-state index in [1.165, 1.54) is 7.11 Å². The number of hydrogen-bond donors (Lipinski definition) is 0. The van der Waals surface area contributed by atoms with Crippen LogP contribution in [0.25, 0.3) is 0 Å². The Morgan fingerprint density at radius 3 is 2.64 bits per heavy atom. The topological polar surface area (TPSA) is 43.4 Å². The van der Waals surface area contributed by atoms with E-state index in [2.05, 4.69) is 20.7 Å². The van der Waals surface area contributed by atoms with Crippen LogP contribution < -0.4 is 0 Å². The highest BCUT2D eigenvalue weighted by atomic mass is 79.9. The van der Waals surface area contributed by atoms with Crippen LogP contribution in [-0.2, 0) is 4.74 Å². The van der Waals surface area contributed by atoms with E-state index in [9.17, 15) is 9.59 Å². The Morgan fingerprint density at radius 2 is 2.14 bits per heavy atom. The molecule has 0 aliphatic carbocycles. The molecule has 0 aliphatic rings. The predicted octanol–water partition coefficient (Wildman–Crippen LogP) is 2.36. The zero-order valence-corrected chi connectivity index (χ0v) is 9.42. The minimum atomic E-state index is -0.497. The van der Waals surface area contributed by atoms with Crippen molar-refractivity contribution in [3.8, 4) is 0 Å². The number of aryl methyl sites for hydroxylation is 1. The zero-order valence-electron chi connectivity index (χ0n) is 7.83. The lowest BCUT2D eigenvalue weighted by molar-refractivity contribution is 0.0598. The van der Waals surface area contributed by atoms with Crippen LogP contribution in [0, 0.1) is 6.92 Å². The van der Waals surface area contributed by atoms with E-state index >= 15 is 0 Å². The van der Waals surface area contributed by atoms with Gasteiger partial charge < -0.3 is 4.74 Å². The number of aldehydes is 1. The van der Waals surface area contributed by atoms with Crippen molar-refractivity contribution in [2.45, 2.75) is 6.92 Å². The van der Waals surface area contributed by atoms with Crippen LogP contribution in [0.4, 0.5) is 0 Å². The Hall–Kier alpha value is -1.16. The second-order valence-corrected chi connectivity index (χ2v) is 3.65. The third kappa shape index (κ3) is 2.01. The Morgan fingerprint density at radius 1 is 1.50 bits per heavy atom. The van der Waals surface area contributed by atoms with Gasteiger partial charge in [0.15, 0.2) is 6.29 Å². The van der Waals surface area contributed by atoms with Crippen molar-refractivity contribution >= 4 is 28.2 Å². The van der Waals surface area contributed by atoms with Gasteiger partial charge in [0.2, 0.25) is 0 Å². The van der Waals surface area contributed by atoms with Gasteiger partial charge >= 0.3 is 5.97 Å². The van der Waals surface area contributed by atoms with Gasteiger partial charge in [-0.25, -0.2) is 4.79 Å². The molecular weight excluding hydrogens is 248 g/mol. The van der Waals surface area contributed by atoms with Crippen molar-refractivity contribution in [1.82, 2.24) is 0 Å². The second kappa shape index (κ2) is 4.37. The number of carbonyl (C=O) groups is 2. The number of ether oxygens (including phenoxy) is 1. The zero-order chi connectivity index (χ0) is 10.7. The lowest BCUT2D eigenvalue weighted by Gasteiger charge is -2.05. The Bertz CT molecular complexity index is 385. The van der Waals surface area contributed by atoms with Gasteiger partial charge in [-0.2, -0.15) is 0 Å². The maximum atomic E-state index is 11.3. The molecule has 0 spiro atoms. The molecular formula is C10H9BrO3. The summed E-state index contributed by atoms with van der Waals surface area (Å²) in [5.41, 5.74) is 1.51. The van der Waals surface area contributed by atoms with Gasteiger partial charge in [-0.05, 0) is 24.6 Å². The van der Waals surface area contributed by atoms with Crippen LogP contribution in [-0.4, -0.2) is 19.4 Å². The molecule has 1 aromatic carbocycles. The highest BCUT2D eigenvalue weighted by Crippen LogP contribution is 2.21. The van der Waals surface area contributed by atoms with Crippen LogP contribution >= 0.6 is 15.9 Å². The number of methoxy groups -OCH3 is 1. The maximum absolute atomic E-state index is 11.3. The number of benzene rings is 1. The molecule has 0 aromatic heterocycles. The molecule has 3 nitrogen and oxygen atoms in total. The fraction of sp³-hybridized carbons (Fsp3) is 0.200. The van der Waals surface area contributed by atoms with Gasteiger partial charge in [-0.1, -0.05) is 15.9 Å². The average molecular weight is 257 g/mol. The first kappa shape index (κ1) is 10.9. The summed E-state index contributed by atoms with van der Waals surface area (Å²) >= 11 is 3.28. The van der Waals surface area contributed by atoms with Crippen molar-refractivity contribution in [2.75, 3.05) is 7.11 Å². The maximum Gasteiger partial charge on any atom is 0.338 e. The van der Waals surface area contributed by atoms with E-state index in [1.807, 2.05) is 6.92 Å². The van der Waals surface area contributed by atoms with Crippen molar-refractivity contribution in [3.05, 3.63) is 33.3 Å². The highest BCUT2D eigenvalue weighted by molar-refractivity contribution is 9.10. The standard InChI is InChI=1S/C10H9BrO3/c1-6-3-8(10(13)14-2)7(5-12)4-9(6)11/h3-5H,1-2H3. The summed E-state index contributed by atoms with van der Waals surface area (Å²) in [5, 5.41) is 0. The molecule has 0 bridgehead atoms. The van der Waals surface area contributed by atoms with Gasteiger partial charge in [0.1, 0.15) is 0 Å². The number of carbonyl (C=O) groups excluding carboxylic acids is 2. The van der Waals surface area contributed by atoms with Crippen molar-refractivity contribution < 1.29 is 14.3 Å². The largest absolute Gasteiger partial charge is 0.465 e. The number of esters is 1. The number of halogens is 1. The number of hydrogen-bond acceptors (Lipinski definition) is 3. The fourth-order valence-electron chi connectivity index (χ4n) is 1.08. The summed E-state index contributed by atoms with van der Waals surface area (Å²) in [7, 11) is 1.29. The lowest BCUT2D eigenvalue weighted by Crippen LogP contribution is -2.06. The Balaban J connectivity index is 3.34. The lowest BCUT2D eigenvalue weighted by atomic mass is 10.1. The van der Waals surface area contributed by atoms with Crippen molar-refractivity contribution in [1.29, 1.82) is 0 Å². The van der Waals surface area contributed by atoms with Gasteiger partial charge in [0.05, 0.1) is 12.7 Å². The van der Waals surface area contributed by atoms with Crippen LogP contribution in [0.5, 0.6) is 0 Å². The smallest absolute Gasteiger partial charge is 0.338 e. The normalized spacial score (nSPS) is 9.64. The van der Waals surface area contributed by atoms with Crippen LogP contribution in [0.15, 0.2) is 16.6 Å². The molecule has 0 heterocycles. The van der Waals surface area contributed by atoms with E-state index in [0.29, 0.717) is 17.4 Å². The summed E-state index contributed by atoms with van der Waals surface area (Å²) in [6.07, 6.45) is 0.635. The first-order chi connectivity index (χ1) is 6.60. The minimum Gasteiger partial charge on any atom is -0.465 e. The van der Waals surface area contributed by atoms with Crippen LogP contribution in [0.2, 0.25) is 0 Å². The van der Waals surface area contributed by atoms with E-state index in [-0.39, 0.29) is 0 Å².